The van der Waals surface area contributed by atoms with Gasteiger partial charge in [0.1, 0.15) is 5.75 Å². The molecule has 19 heavy (non-hydrogen) atoms. The molecule has 1 aliphatic rings. The summed E-state index contributed by atoms with van der Waals surface area (Å²) in [5, 5.41) is 9.55. The zero-order chi connectivity index (χ0) is 13.1. The van der Waals surface area contributed by atoms with E-state index in [4.69, 9.17) is 9.72 Å². The van der Waals surface area contributed by atoms with Gasteiger partial charge in [0.05, 0.1) is 5.69 Å². The number of hydrogen-bond acceptors (Lipinski definition) is 3. The van der Waals surface area contributed by atoms with E-state index in [1.165, 1.54) is 0 Å². The Hall–Kier alpha value is -1.87. The minimum atomic E-state index is 0.274. The molecule has 98 valence electrons. The molecule has 0 spiro atoms. The van der Waals surface area contributed by atoms with Crippen LogP contribution in [0.5, 0.6) is 5.75 Å². The van der Waals surface area contributed by atoms with E-state index < -0.39 is 0 Å². The number of hydrogen-bond donors (Lipinski definition) is 1. The summed E-state index contributed by atoms with van der Waals surface area (Å²) in [6.45, 7) is 1.64. The molecule has 0 aliphatic carbocycles. The lowest BCUT2D eigenvalue weighted by Gasteiger charge is -2.21. The number of pyridine rings is 1. The number of phenolic OH excluding ortho intramolecular Hbond substituents is 1. The third-order valence-electron chi connectivity index (χ3n) is 3.55. The molecule has 0 atom stereocenters. The zero-order valence-electron chi connectivity index (χ0n) is 10.7. The molecule has 0 saturated carbocycles. The van der Waals surface area contributed by atoms with Crippen molar-refractivity contribution < 1.29 is 9.84 Å². The molecule has 0 unspecified atom stereocenters. The number of benzene rings is 1. The smallest absolute Gasteiger partial charge is 0.116 e. The Labute approximate surface area is 112 Å². The molecule has 2 heterocycles. The minimum Gasteiger partial charge on any atom is -0.508 e. The topological polar surface area (TPSA) is 42.4 Å². The van der Waals surface area contributed by atoms with E-state index in [2.05, 4.69) is 6.07 Å². The van der Waals surface area contributed by atoms with Crippen LogP contribution in [0.25, 0.3) is 11.3 Å². The van der Waals surface area contributed by atoms with Gasteiger partial charge in [-0.3, -0.25) is 4.98 Å². The average molecular weight is 255 g/mol. The second kappa shape index (κ2) is 5.41. The molecule has 2 aromatic rings. The van der Waals surface area contributed by atoms with Crippen molar-refractivity contribution in [2.24, 2.45) is 0 Å². The van der Waals surface area contributed by atoms with E-state index in [1.54, 1.807) is 12.1 Å². The monoisotopic (exact) mass is 255 g/mol. The molecule has 1 aromatic carbocycles. The maximum Gasteiger partial charge on any atom is 0.116 e. The highest BCUT2D eigenvalue weighted by atomic mass is 16.5. The predicted molar refractivity (Wildman–Crippen MR) is 74.1 cm³/mol. The maximum atomic E-state index is 9.55. The van der Waals surface area contributed by atoms with Gasteiger partial charge in [0.2, 0.25) is 0 Å². The fourth-order valence-corrected chi connectivity index (χ4v) is 2.50. The van der Waals surface area contributed by atoms with Crippen LogP contribution in [0.1, 0.15) is 24.5 Å². The molecule has 3 rings (SSSR count). The van der Waals surface area contributed by atoms with E-state index in [9.17, 15) is 5.11 Å². The number of rotatable bonds is 2. The van der Waals surface area contributed by atoms with Crippen molar-refractivity contribution in [3.63, 3.8) is 0 Å². The van der Waals surface area contributed by atoms with Crippen LogP contribution in [0.3, 0.4) is 0 Å². The Kier molecular flexibility index (Phi) is 3.47. The lowest BCUT2D eigenvalue weighted by Crippen LogP contribution is -2.15. The average Bonchev–Trinajstić information content (AvgIpc) is 2.48. The predicted octanol–water partition coefficient (Wildman–Crippen LogP) is 3.35. The van der Waals surface area contributed by atoms with E-state index in [-0.39, 0.29) is 5.75 Å². The Bertz CT molecular complexity index is 562. The zero-order valence-corrected chi connectivity index (χ0v) is 10.7. The summed E-state index contributed by atoms with van der Waals surface area (Å²) in [6, 6.07) is 13.3. The van der Waals surface area contributed by atoms with Crippen molar-refractivity contribution in [2.45, 2.75) is 18.8 Å². The fourth-order valence-electron chi connectivity index (χ4n) is 2.50. The van der Waals surface area contributed by atoms with Gasteiger partial charge < -0.3 is 9.84 Å². The third kappa shape index (κ3) is 2.76. The fraction of sp³-hybridized carbons (Fsp3) is 0.312. The highest BCUT2D eigenvalue weighted by Crippen LogP contribution is 2.28. The maximum absolute atomic E-state index is 9.55. The van der Waals surface area contributed by atoms with E-state index in [0.29, 0.717) is 5.92 Å². The van der Waals surface area contributed by atoms with Crippen LogP contribution in [0.4, 0.5) is 0 Å². The van der Waals surface area contributed by atoms with Crippen LogP contribution in [0, 0.1) is 0 Å². The summed E-state index contributed by atoms with van der Waals surface area (Å²) in [7, 11) is 0. The van der Waals surface area contributed by atoms with Crippen molar-refractivity contribution >= 4 is 0 Å². The summed E-state index contributed by atoms with van der Waals surface area (Å²) >= 11 is 0. The third-order valence-corrected chi connectivity index (χ3v) is 3.55. The van der Waals surface area contributed by atoms with Crippen LogP contribution in [-0.2, 0) is 4.74 Å². The molecule has 1 fully saturated rings. The molecule has 0 radical (unpaired) electrons. The molecule has 3 heteroatoms. The molecular weight excluding hydrogens is 238 g/mol. The van der Waals surface area contributed by atoms with Gasteiger partial charge in [0.25, 0.3) is 0 Å². The second-order valence-corrected chi connectivity index (χ2v) is 4.88. The van der Waals surface area contributed by atoms with Crippen molar-refractivity contribution in [3.8, 4) is 17.0 Å². The van der Waals surface area contributed by atoms with Gasteiger partial charge in [0, 0.05) is 30.4 Å². The molecule has 0 bridgehead atoms. The second-order valence-electron chi connectivity index (χ2n) is 4.88. The van der Waals surface area contributed by atoms with Gasteiger partial charge in [-0.05, 0) is 37.1 Å². The van der Waals surface area contributed by atoms with Crippen LogP contribution in [0.15, 0.2) is 42.5 Å². The molecule has 1 N–H and O–H groups in total. The Morgan fingerprint density at radius 3 is 2.63 bits per heavy atom. The van der Waals surface area contributed by atoms with Crippen LogP contribution in [0.2, 0.25) is 0 Å². The number of aromatic hydroxyl groups is 1. The summed E-state index contributed by atoms with van der Waals surface area (Å²) < 4.78 is 5.39. The molecule has 1 aliphatic heterocycles. The first-order valence-corrected chi connectivity index (χ1v) is 6.67. The summed E-state index contributed by atoms with van der Waals surface area (Å²) in [5.41, 5.74) is 3.00. The molecule has 1 saturated heterocycles. The minimum absolute atomic E-state index is 0.274. The lowest BCUT2D eigenvalue weighted by molar-refractivity contribution is 0.0845. The van der Waals surface area contributed by atoms with Crippen LogP contribution in [-0.4, -0.2) is 23.3 Å². The standard InChI is InChI=1S/C16H17NO2/c18-14-4-1-3-13(11-14)16-6-2-5-15(17-16)12-7-9-19-10-8-12/h1-6,11-12,18H,7-10H2. The summed E-state index contributed by atoms with van der Waals surface area (Å²) in [4.78, 5) is 4.74. The van der Waals surface area contributed by atoms with Gasteiger partial charge in [-0.2, -0.15) is 0 Å². The SMILES string of the molecule is Oc1cccc(-c2cccc(C3CCOCC3)n2)c1. The first kappa shape index (κ1) is 12.2. The van der Waals surface area contributed by atoms with Gasteiger partial charge in [-0.25, -0.2) is 0 Å². The quantitative estimate of drug-likeness (QED) is 0.894. The highest BCUT2D eigenvalue weighted by Gasteiger charge is 2.17. The highest BCUT2D eigenvalue weighted by molar-refractivity contribution is 5.61. The normalized spacial score (nSPS) is 16.4. The molecule has 1 aromatic heterocycles. The van der Waals surface area contributed by atoms with Gasteiger partial charge in [0.15, 0.2) is 0 Å². The first-order valence-electron chi connectivity index (χ1n) is 6.67. The number of nitrogens with zero attached hydrogens (tertiary/aromatic N) is 1. The number of aromatic nitrogens is 1. The van der Waals surface area contributed by atoms with Gasteiger partial charge in [-0.15, -0.1) is 0 Å². The molecule has 0 amide bonds. The Morgan fingerprint density at radius 1 is 1.05 bits per heavy atom. The molecule has 3 nitrogen and oxygen atoms in total. The van der Waals surface area contributed by atoms with Crippen LogP contribution < -0.4 is 0 Å². The summed E-state index contributed by atoms with van der Waals surface area (Å²) in [5.74, 6) is 0.766. The van der Waals surface area contributed by atoms with Crippen molar-refractivity contribution in [3.05, 3.63) is 48.2 Å². The van der Waals surface area contributed by atoms with Crippen LogP contribution >= 0.6 is 0 Å². The van der Waals surface area contributed by atoms with E-state index in [0.717, 1.165) is 43.0 Å². The number of ether oxygens (including phenoxy) is 1. The lowest BCUT2D eigenvalue weighted by atomic mass is 9.95. The van der Waals surface area contributed by atoms with Gasteiger partial charge in [-0.1, -0.05) is 18.2 Å². The van der Waals surface area contributed by atoms with Gasteiger partial charge >= 0.3 is 0 Å². The van der Waals surface area contributed by atoms with E-state index >= 15 is 0 Å². The molecular formula is C16H17NO2. The van der Waals surface area contributed by atoms with Crippen molar-refractivity contribution in [1.82, 2.24) is 4.98 Å². The van der Waals surface area contributed by atoms with E-state index in [1.807, 2.05) is 24.3 Å². The summed E-state index contributed by atoms with van der Waals surface area (Å²) in [6.07, 6.45) is 2.08. The first-order chi connectivity index (χ1) is 9.33. The van der Waals surface area contributed by atoms with Crippen molar-refractivity contribution in [2.75, 3.05) is 13.2 Å². The van der Waals surface area contributed by atoms with Crippen molar-refractivity contribution in [1.29, 1.82) is 0 Å². The largest absolute Gasteiger partial charge is 0.508 e. The Morgan fingerprint density at radius 2 is 1.84 bits per heavy atom. The number of phenols is 1. The Balaban J connectivity index is 1.91.